The first-order valence-corrected chi connectivity index (χ1v) is 9.87. The zero-order valence-corrected chi connectivity index (χ0v) is 17.0. The molecule has 0 radical (unpaired) electrons. The number of hydrogen-bond donors (Lipinski definition) is 1. The van der Waals surface area contributed by atoms with Gasteiger partial charge in [-0.15, -0.1) is 5.10 Å². The van der Waals surface area contributed by atoms with Crippen LogP contribution in [0.2, 0.25) is 0 Å². The number of aromatic nitrogens is 3. The second kappa shape index (κ2) is 7.75. The minimum Gasteiger partial charge on any atom is -0.466 e. The van der Waals surface area contributed by atoms with Crippen LogP contribution in [0.1, 0.15) is 46.3 Å². The summed E-state index contributed by atoms with van der Waals surface area (Å²) < 4.78 is 47.3. The third-order valence-electron chi connectivity index (χ3n) is 5.13. The average Bonchev–Trinajstić information content (AvgIpc) is 3.41. The van der Waals surface area contributed by atoms with E-state index in [2.05, 4.69) is 10.4 Å². The highest BCUT2D eigenvalue weighted by Gasteiger charge is 2.33. The summed E-state index contributed by atoms with van der Waals surface area (Å²) in [5, 5.41) is 7.00. The zero-order valence-electron chi connectivity index (χ0n) is 17.0. The van der Waals surface area contributed by atoms with E-state index in [9.17, 15) is 22.8 Å². The topological polar surface area (TPSA) is 82.1 Å². The van der Waals surface area contributed by atoms with Gasteiger partial charge in [-0.05, 0) is 44.9 Å². The largest absolute Gasteiger partial charge is 0.466 e. The molecule has 1 aliphatic carbocycles. The molecule has 1 aromatic carbocycles. The summed E-state index contributed by atoms with van der Waals surface area (Å²) in [6, 6.07) is 6.34. The van der Waals surface area contributed by atoms with Crippen molar-refractivity contribution < 1.29 is 22.4 Å². The minimum absolute atomic E-state index is 0.0723. The zero-order chi connectivity index (χ0) is 22.3. The second-order valence-corrected chi connectivity index (χ2v) is 7.59. The molecule has 1 amide bonds. The number of halogens is 3. The van der Waals surface area contributed by atoms with Crippen molar-refractivity contribution in [1.29, 1.82) is 0 Å². The van der Waals surface area contributed by atoms with E-state index in [-0.39, 0.29) is 36.4 Å². The number of carbonyl (C=O) groups excluding carboxylic acids is 1. The summed E-state index contributed by atoms with van der Waals surface area (Å²) in [6.45, 7) is 3.65. The molecule has 0 spiro atoms. The fourth-order valence-corrected chi connectivity index (χ4v) is 3.49. The number of aryl methyl sites for hydroxylation is 2. The highest BCUT2D eigenvalue weighted by Crippen LogP contribution is 2.37. The molecule has 1 saturated carbocycles. The Morgan fingerprint density at radius 1 is 1.26 bits per heavy atom. The highest BCUT2D eigenvalue weighted by atomic mass is 19.4. The quantitative estimate of drug-likeness (QED) is 0.641. The molecule has 3 aromatic rings. The van der Waals surface area contributed by atoms with Crippen LogP contribution in [0.25, 0.3) is 11.4 Å². The van der Waals surface area contributed by atoms with E-state index in [1.165, 1.54) is 21.4 Å². The summed E-state index contributed by atoms with van der Waals surface area (Å²) in [6.07, 6.45) is -2.95. The third-order valence-corrected chi connectivity index (χ3v) is 5.13. The average molecular weight is 434 g/mol. The standard InChI is InChI=1S/C21H21F3N4O3/c1-12-10-17(13(2)31-12)19(29)25-8-9-27-20(30)28(16-6-7-16)18(26-27)14-4-3-5-15(11-14)21(22,23)24/h3-5,10-11,16H,6-9H2,1-2H3,(H,25,29). The maximum absolute atomic E-state index is 13.1. The van der Waals surface area contributed by atoms with Gasteiger partial charge in [0.15, 0.2) is 5.82 Å². The van der Waals surface area contributed by atoms with E-state index in [1.807, 2.05) is 0 Å². The first-order chi connectivity index (χ1) is 14.6. The van der Waals surface area contributed by atoms with Gasteiger partial charge in [0.1, 0.15) is 11.5 Å². The Kier molecular flexibility index (Phi) is 5.24. The summed E-state index contributed by atoms with van der Waals surface area (Å²) in [5.41, 5.74) is -0.559. The van der Waals surface area contributed by atoms with Gasteiger partial charge in [0.05, 0.1) is 17.7 Å². The van der Waals surface area contributed by atoms with E-state index in [4.69, 9.17) is 4.42 Å². The second-order valence-electron chi connectivity index (χ2n) is 7.59. The van der Waals surface area contributed by atoms with Crippen molar-refractivity contribution in [2.45, 2.75) is 45.5 Å². The van der Waals surface area contributed by atoms with Crippen LogP contribution in [0, 0.1) is 13.8 Å². The number of hydrogen-bond acceptors (Lipinski definition) is 4. The molecule has 31 heavy (non-hydrogen) atoms. The predicted molar refractivity (Wildman–Crippen MR) is 106 cm³/mol. The number of rotatable bonds is 6. The molecule has 0 aliphatic heterocycles. The van der Waals surface area contributed by atoms with Gasteiger partial charge in [-0.2, -0.15) is 13.2 Å². The highest BCUT2D eigenvalue weighted by molar-refractivity contribution is 5.95. The van der Waals surface area contributed by atoms with Gasteiger partial charge < -0.3 is 9.73 Å². The molecule has 2 heterocycles. The Morgan fingerprint density at radius 3 is 2.61 bits per heavy atom. The summed E-state index contributed by atoms with van der Waals surface area (Å²) >= 11 is 0. The van der Waals surface area contributed by atoms with Gasteiger partial charge in [-0.25, -0.2) is 9.48 Å². The number of furan rings is 1. The number of amides is 1. The van der Waals surface area contributed by atoms with Crippen molar-refractivity contribution in [3.05, 3.63) is 63.5 Å². The van der Waals surface area contributed by atoms with Crippen molar-refractivity contribution in [3.63, 3.8) is 0 Å². The maximum atomic E-state index is 13.1. The van der Waals surface area contributed by atoms with Crippen LogP contribution < -0.4 is 11.0 Å². The van der Waals surface area contributed by atoms with Gasteiger partial charge in [-0.1, -0.05) is 12.1 Å². The molecule has 10 heteroatoms. The van der Waals surface area contributed by atoms with E-state index in [0.717, 1.165) is 25.0 Å². The molecule has 0 bridgehead atoms. The Hall–Kier alpha value is -3.30. The monoisotopic (exact) mass is 434 g/mol. The minimum atomic E-state index is -4.49. The molecule has 1 aliphatic rings. The van der Waals surface area contributed by atoms with E-state index in [0.29, 0.717) is 17.1 Å². The van der Waals surface area contributed by atoms with Crippen LogP contribution in [-0.4, -0.2) is 26.8 Å². The maximum Gasteiger partial charge on any atom is 0.416 e. The van der Waals surface area contributed by atoms with E-state index >= 15 is 0 Å². The van der Waals surface area contributed by atoms with Gasteiger partial charge in [0.2, 0.25) is 0 Å². The number of carbonyl (C=O) groups is 1. The van der Waals surface area contributed by atoms with E-state index < -0.39 is 17.4 Å². The first-order valence-electron chi connectivity index (χ1n) is 9.87. The fourth-order valence-electron chi connectivity index (χ4n) is 3.49. The molecular formula is C21H21F3N4O3. The number of nitrogens with zero attached hydrogens (tertiary/aromatic N) is 3. The SMILES string of the molecule is Cc1cc(C(=O)NCCn2nc(-c3cccc(C(F)(F)F)c3)n(C3CC3)c2=O)c(C)o1. The third kappa shape index (κ3) is 4.28. The van der Waals surface area contributed by atoms with Crippen LogP contribution in [0.5, 0.6) is 0 Å². The lowest BCUT2D eigenvalue weighted by Gasteiger charge is -2.09. The Labute approximate surface area is 175 Å². The Bertz CT molecular complexity index is 1190. The molecule has 0 saturated heterocycles. The van der Waals surface area contributed by atoms with Gasteiger partial charge in [0, 0.05) is 18.2 Å². The molecule has 1 N–H and O–H groups in total. The number of nitrogens with one attached hydrogen (secondary N) is 1. The van der Waals surface area contributed by atoms with Crippen LogP contribution in [0.15, 0.2) is 39.5 Å². The van der Waals surface area contributed by atoms with Crippen molar-refractivity contribution in [3.8, 4) is 11.4 Å². The van der Waals surface area contributed by atoms with Crippen molar-refractivity contribution in [2.24, 2.45) is 0 Å². The molecule has 0 unspecified atom stereocenters. The summed E-state index contributed by atoms with van der Waals surface area (Å²) in [7, 11) is 0. The fraction of sp³-hybridized carbons (Fsp3) is 0.381. The smallest absolute Gasteiger partial charge is 0.416 e. The normalized spacial score (nSPS) is 14.1. The summed E-state index contributed by atoms with van der Waals surface area (Å²) in [4.78, 5) is 25.1. The van der Waals surface area contributed by atoms with E-state index in [1.54, 1.807) is 19.9 Å². The van der Waals surface area contributed by atoms with Crippen LogP contribution in [0.3, 0.4) is 0 Å². The van der Waals surface area contributed by atoms with Crippen LogP contribution in [0.4, 0.5) is 13.2 Å². The summed E-state index contributed by atoms with van der Waals surface area (Å²) in [5.74, 6) is 0.984. The Balaban J connectivity index is 1.56. The predicted octanol–water partition coefficient (Wildman–Crippen LogP) is 3.71. The molecular weight excluding hydrogens is 413 g/mol. The lowest BCUT2D eigenvalue weighted by Crippen LogP contribution is -2.32. The molecule has 1 fully saturated rings. The van der Waals surface area contributed by atoms with Crippen molar-refractivity contribution in [2.75, 3.05) is 6.54 Å². The van der Waals surface area contributed by atoms with Crippen LogP contribution in [-0.2, 0) is 12.7 Å². The lowest BCUT2D eigenvalue weighted by atomic mass is 10.1. The molecule has 2 aromatic heterocycles. The number of alkyl halides is 3. The lowest BCUT2D eigenvalue weighted by molar-refractivity contribution is -0.137. The first kappa shape index (κ1) is 21.0. The molecule has 0 atom stereocenters. The number of benzene rings is 1. The molecule has 164 valence electrons. The van der Waals surface area contributed by atoms with Gasteiger partial charge in [0.25, 0.3) is 5.91 Å². The van der Waals surface area contributed by atoms with Gasteiger partial charge >= 0.3 is 11.9 Å². The van der Waals surface area contributed by atoms with Crippen molar-refractivity contribution >= 4 is 5.91 Å². The molecule has 7 nitrogen and oxygen atoms in total. The Morgan fingerprint density at radius 2 is 2.00 bits per heavy atom. The van der Waals surface area contributed by atoms with Gasteiger partial charge in [-0.3, -0.25) is 9.36 Å². The molecule has 4 rings (SSSR count). The van der Waals surface area contributed by atoms with Crippen LogP contribution >= 0.6 is 0 Å². The van der Waals surface area contributed by atoms with Crippen molar-refractivity contribution in [1.82, 2.24) is 19.7 Å².